The Hall–Kier alpha value is -2.08. The summed E-state index contributed by atoms with van der Waals surface area (Å²) in [6.45, 7) is 1.37. The summed E-state index contributed by atoms with van der Waals surface area (Å²) < 4.78 is 1.13. The summed E-state index contributed by atoms with van der Waals surface area (Å²) in [5, 5.41) is 4.64. The van der Waals surface area contributed by atoms with Gasteiger partial charge >= 0.3 is 5.69 Å². The first-order chi connectivity index (χ1) is 10.5. The van der Waals surface area contributed by atoms with Gasteiger partial charge in [-0.05, 0) is 36.5 Å². The largest absolute Gasteiger partial charge is 0.343 e. The highest BCUT2D eigenvalue weighted by Crippen LogP contribution is 2.22. The molecular formula is C15H17ClN4O2. The molecule has 1 saturated heterocycles. The van der Waals surface area contributed by atoms with Crippen molar-refractivity contribution in [2.75, 3.05) is 13.1 Å². The highest BCUT2D eigenvalue weighted by atomic mass is 35.5. The number of halogens is 1. The van der Waals surface area contributed by atoms with Crippen molar-refractivity contribution in [3.63, 3.8) is 0 Å². The number of carbonyl (C=O) groups is 1. The number of carbonyl (C=O) groups excluding carboxylic acids is 1. The minimum atomic E-state index is -0.375. The molecule has 22 heavy (non-hydrogen) atoms. The number of amides is 1. The Balaban J connectivity index is 1.63. The van der Waals surface area contributed by atoms with Crippen molar-refractivity contribution in [1.29, 1.82) is 0 Å². The maximum Gasteiger partial charge on any atom is 0.343 e. The van der Waals surface area contributed by atoms with Gasteiger partial charge in [-0.2, -0.15) is 0 Å². The number of rotatable bonds is 3. The Labute approximate surface area is 132 Å². The summed E-state index contributed by atoms with van der Waals surface area (Å²) in [7, 11) is 1.52. The zero-order valence-electron chi connectivity index (χ0n) is 12.3. The van der Waals surface area contributed by atoms with E-state index in [4.69, 9.17) is 11.6 Å². The highest BCUT2D eigenvalue weighted by Gasteiger charge is 2.28. The van der Waals surface area contributed by atoms with E-state index in [1.807, 2.05) is 24.3 Å². The fraction of sp³-hybridized carbons (Fsp3) is 0.400. The minimum absolute atomic E-state index is 0.111. The molecule has 0 spiro atoms. The first-order valence-corrected chi connectivity index (χ1v) is 7.58. The number of nitrogens with zero attached hydrogens (tertiary/aromatic N) is 3. The lowest BCUT2D eigenvalue weighted by Crippen LogP contribution is -2.30. The van der Waals surface area contributed by atoms with Crippen LogP contribution in [-0.4, -0.2) is 38.7 Å². The number of benzene rings is 1. The molecule has 7 heteroatoms. The quantitative estimate of drug-likeness (QED) is 0.931. The predicted octanol–water partition coefficient (Wildman–Crippen LogP) is 1.47. The summed E-state index contributed by atoms with van der Waals surface area (Å²) in [5.41, 5.74) is 0.843. The van der Waals surface area contributed by atoms with Crippen molar-refractivity contribution in [2.24, 2.45) is 13.0 Å². The minimum Gasteiger partial charge on any atom is -0.336 e. The summed E-state index contributed by atoms with van der Waals surface area (Å²) in [6, 6.07) is 7.80. The molecule has 1 fully saturated rings. The van der Waals surface area contributed by atoms with Gasteiger partial charge in [-0.3, -0.25) is 9.78 Å². The Morgan fingerprint density at radius 2 is 2.14 bits per heavy atom. The normalized spacial score (nSPS) is 17.9. The van der Waals surface area contributed by atoms with Gasteiger partial charge in [0, 0.05) is 25.2 Å². The van der Waals surface area contributed by atoms with Crippen LogP contribution in [0.15, 0.2) is 29.1 Å². The third kappa shape index (κ3) is 3.06. The second-order valence-electron chi connectivity index (χ2n) is 5.64. The van der Waals surface area contributed by atoms with Crippen LogP contribution in [0.3, 0.4) is 0 Å². The monoisotopic (exact) mass is 320 g/mol. The van der Waals surface area contributed by atoms with Crippen molar-refractivity contribution in [1.82, 2.24) is 19.7 Å². The van der Waals surface area contributed by atoms with Gasteiger partial charge in [-0.25, -0.2) is 9.48 Å². The van der Waals surface area contributed by atoms with Crippen molar-refractivity contribution < 1.29 is 4.79 Å². The third-order valence-corrected chi connectivity index (χ3v) is 4.23. The Bertz CT molecular complexity index is 735. The topological polar surface area (TPSA) is 71.0 Å². The van der Waals surface area contributed by atoms with E-state index in [1.165, 1.54) is 12.6 Å². The zero-order valence-corrected chi connectivity index (χ0v) is 13.0. The van der Waals surface area contributed by atoms with Gasteiger partial charge in [0.1, 0.15) is 0 Å². The van der Waals surface area contributed by atoms with E-state index in [-0.39, 0.29) is 17.4 Å². The Morgan fingerprint density at radius 1 is 1.41 bits per heavy atom. The number of aromatic amines is 1. The van der Waals surface area contributed by atoms with E-state index in [2.05, 4.69) is 10.1 Å². The summed E-state index contributed by atoms with van der Waals surface area (Å²) in [6.07, 6.45) is 1.87. The molecule has 0 aliphatic carbocycles. The summed E-state index contributed by atoms with van der Waals surface area (Å²) in [5.74, 6) is 0.316. The van der Waals surface area contributed by atoms with E-state index in [9.17, 15) is 9.59 Å². The molecule has 1 aliphatic heterocycles. The predicted molar refractivity (Wildman–Crippen MR) is 83.0 cm³/mol. The van der Waals surface area contributed by atoms with Gasteiger partial charge < -0.3 is 4.90 Å². The fourth-order valence-corrected chi connectivity index (χ4v) is 2.91. The number of nitrogens with one attached hydrogen (secondary N) is 1. The van der Waals surface area contributed by atoms with Gasteiger partial charge in [0.2, 0.25) is 5.82 Å². The second-order valence-corrected chi connectivity index (χ2v) is 6.08. The molecule has 116 valence electrons. The molecule has 1 N–H and O–H groups in total. The number of likely N-dealkylation sites (tertiary alicyclic amines) is 1. The van der Waals surface area contributed by atoms with Crippen LogP contribution in [0, 0.1) is 5.92 Å². The molecule has 1 amide bonds. The van der Waals surface area contributed by atoms with Crippen LogP contribution in [0.4, 0.5) is 0 Å². The van der Waals surface area contributed by atoms with Gasteiger partial charge in [-0.15, -0.1) is 5.10 Å². The molecule has 0 bridgehead atoms. The lowest BCUT2D eigenvalue weighted by atomic mass is 9.99. The standard InChI is InChI=1S/C15H17ClN4O2/c1-19-15(22)17-13(18-19)14(21)20-7-6-11(9-20)8-10-2-4-12(16)5-3-10/h2-5,11H,6-9H2,1H3,(H,17,18,22). The van der Waals surface area contributed by atoms with Crippen LogP contribution < -0.4 is 5.69 Å². The molecule has 1 atom stereocenters. The molecule has 6 nitrogen and oxygen atoms in total. The zero-order chi connectivity index (χ0) is 15.7. The first kappa shape index (κ1) is 14.8. The number of hydrogen-bond donors (Lipinski definition) is 1. The van der Waals surface area contributed by atoms with E-state index < -0.39 is 0 Å². The summed E-state index contributed by atoms with van der Waals surface area (Å²) >= 11 is 5.88. The van der Waals surface area contributed by atoms with Gasteiger partial charge in [0.25, 0.3) is 5.91 Å². The second kappa shape index (κ2) is 5.96. The number of aryl methyl sites for hydroxylation is 1. The lowest BCUT2D eigenvalue weighted by Gasteiger charge is -2.14. The van der Waals surface area contributed by atoms with Crippen LogP contribution in [-0.2, 0) is 13.5 Å². The van der Waals surface area contributed by atoms with Crippen LogP contribution >= 0.6 is 11.6 Å². The van der Waals surface area contributed by atoms with Crippen LogP contribution in [0.2, 0.25) is 5.02 Å². The Kier molecular flexibility index (Phi) is 4.02. The van der Waals surface area contributed by atoms with E-state index in [0.29, 0.717) is 19.0 Å². The van der Waals surface area contributed by atoms with E-state index in [1.54, 1.807) is 4.90 Å². The van der Waals surface area contributed by atoms with Gasteiger partial charge in [0.15, 0.2) is 0 Å². The van der Waals surface area contributed by atoms with Crippen LogP contribution in [0.1, 0.15) is 22.6 Å². The Morgan fingerprint density at radius 3 is 2.77 bits per heavy atom. The molecular weight excluding hydrogens is 304 g/mol. The SMILES string of the molecule is Cn1nc(C(=O)N2CCC(Cc3ccc(Cl)cc3)C2)[nH]c1=O. The van der Waals surface area contributed by atoms with E-state index in [0.717, 1.165) is 22.5 Å². The lowest BCUT2D eigenvalue weighted by molar-refractivity contribution is 0.0774. The number of H-pyrrole nitrogens is 1. The molecule has 1 aliphatic rings. The maximum atomic E-state index is 12.3. The first-order valence-electron chi connectivity index (χ1n) is 7.20. The third-order valence-electron chi connectivity index (χ3n) is 3.98. The van der Waals surface area contributed by atoms with Gasteiger partial charge in [-0.1, -0.05) is 23.7 Å². The van der Waals surface area contributed by atoms with Gasteiger partial charge in [0.05, 0.1) is 0 Å². The molecule has 2 heterocycles. The van der Waals surface area contributed by atoms with Crippen molar-refractivity contribution in [2.45, 2.75) is 12.8 Å². The number of hydrogen-bond acceptors (Lipinski definition) is 3. The smallest absolute Gasteiger partial charge is 0.336 e. The van der Waals surface area contributed by atoms with Crippen molar-refractivity contribution in [3.8, 4) is 0 Å². The molecule has 3 rings (SSSR count). The molecule has 1 aromatic heterocycles. The summed E-state index contributed by atoms with van der Waals surface area (Å²) in [4.78, 5) is 27.9. The fourth-order valence-electron chi connectivity index (χ4n) is 2.79. The maximum absolute atomic E-state index is 12.3. The number of aromatic nitrogens is 3. The average molecular weight is 321 g/mol. The highest BCUT2D eigenvalue weighted by molar-refractivity contribution is 6.30. The van der Waals surface area contributed by atoms with E-state index >= 15 is 0 Å². The van der Waals surface area contributed by atoms with Crippen LogP contribution in [0.25, 0.3) is 0 Å². The van der Waals surface area contributed by atoms with Crippen molar-refractivity contribution >= 4 is 17.5 Å². The molecule has 2 aromatic rings. The molecule has 0 saturated carbocycles. The average Bonchev–Trinajstić information content (AvgIpc) is 3.08. The molecule has 1 unspecified atom stereocenters. The van der Waals surface area contributed by atoms with Crippen LogP contribution in [0.5, 0.6) is 0 Å². The molecule has 1 aromatic carbocycles. The molecule has 0 radical (unpaired) electrons. The van der Waals surface area contributed by atoms with Crippen molar-refractivity contribution in [3.05, 3.63) is 51.2 Å².